The van der Waals surface area contributed by atoms with Crippen LogP contribution >= 0.6 is 0 Å². The standard InChI is InChI=1S/C38H68O4.Na/c1-5-6-7-8-9-10-11-12-13-14-15-16-17-28-24-30(39)25-29-26-34(40)36-32-20-19-31(27(2)18-21-35(41)42)37(32,3)23-22-33(36)38(28,29)4;/h27-34,36,39-40H,5-26H2,1-4H3,(H,41,42);/q;+1/p-1/t27-,28?,29?,30+,31-,32?,33?,34+,36?,37-,38+;/m1./s1. The Morgan fingerprint density at radius 2 is 1.44 bits per heavy atom. The summed E-state index contributed by atoms with van der Waals surface area (Å²) in [6.45, 7) is 9.61. The first-order chi connectivity index (χ1) is 20.1. The normalized spacial score (nSPS) is 39.3. The second kappa shape index (κ2) is 17.5. The Morgan fingerprint density at radius 3 is 2.05 bits per heavy atom. The third-order valence-electron chi connectivity index (χ3n) is 13.9. The predicted molar refractivity (Wildman–Crippen MR) is 171 cm³/mol. The molecule has 0 heterocycles. The number of carboxylic acid groups (broad SMARTS) is 1. The number of unbranched alkanes of at least 4 members (excludes halogenated alkanes) is 11. The number of fused-ring (bicyclic) bond motifs is 5. The van der Waals surface area contributed by atoms with Crippen LogP contribution < -0.4 is 34.7 Å². The van der Waals surface area contributed by atoms with Gasteiger partial charge in [-0.25, -0.2) is 0 Å². The van der Waals surface area contributed by atoms with Gasteiger partial charge in [-0.05, 0) is 116 Å². The van der Waals surface area contributed by atoms with Crippen molar-refractivity contribution in [1.29, 1.82) is 0 Å². The summed E-state index contributed by atoms with van der Waals surface area (Å²) < 4.78 is 0. The minimum Gasteiger partial charge on any atom is -0.550 e. The van der Waals surface area contributed by atoms with E-state index in [1.807, 2.05) is 0 Å². The fourth-order valence-electron chi connectivity index (χ4n) is 11.6. The first-order valence-electron chi connectivity index (χ1n) is 18.7. The molecule has 4 saturated carbocycles. The quantitative estimate of drug-likeness (QED) is 0.169. The second-order valence-electron chi connectivity index (χ2n) is 16.3. The van der Waals surface area contributed by atoms with Gasteiger partial charge >= 0.3 is 29.6 Å². The van der Waals surface area contributed by atoms with Crippen molar-refractivity contribution in [3.8, 4) is 0 Å². The van der Waals surface area contributed by atoms with E-state index in [2.05, 4.69) is 27.7 Å². The van der Waals surface area contributed by atoms with Crippen LogP contribution in [0.1, 0.15) is 169 Å². The van der Waals surface area contributed by atoms with Crippen LogP contribution in [-0.4, -0.2) is 28.4 Å². The van der Waals surface area contributed by atoms with E-state index < -0.39 is 5.97 Å². The van der Waals surface area contributed by atoms with E-state index in [0.29, 0.717) is 47.8 Å². The van der Waals surface area contributed by atoms with E-state index in [9.17, 15) is 20.1 Å². The van der Waals surface area contributed by atoms with Crippen LogP contribution in [0.25, 0.3) is 0 Å². The largest absolute Gasteiger partial charge is 1.00 e. The van der Waals surface area contributed by atoms with E-state index >= 15 is 0 Å². The van der Waals surface area contributed by atoms with Gasteiger partial charge in [-0.1, -0.05) is 105 Å². The van der Waals surface area contributed by atoms with Gasteiger partial charge in [-0.2, -0.15) is 0 Å². The fraction of sp³-hybridized carbons (Fsp3) is 0.974. The molecule has 5 heteroatoms. The Labute approximate surface area is 287 Å². The van der Waals surface area contributed by atoms with Crippen LogP contribution in [-0.2, 0) is 4.79 Å². The Hall–Kier alpha value is 0.390. The van der Waals surface area contributed by atoms with Crippen molar-refractivity contribution in [3.05, 3.63) is 0 Å². The molecule has 11 atom stereocenters. The number of aliphatic hydroxyl groups excluding tert-OH is 2. The molecular formula is C38H67NaO4. The van der Waals surface area contributed by atoms with Gasteiger partial charge in [0.2, 0.25) is 0 Å². The monoisotopic (exact) mass is 610 g/mol. The van der Waals surface area contributed by atoms with E-state index in [4.69, 9.17) is 0 Å². The summed E-state index contributed by atoms with van der Waals surface area (Å²) in [6, 6.07) is 0. The summed E-state index contributed by atoms with van der Waals surface area (Å²) in [5, 5.41) is 33.8. The zero-order chi connectivity index (χ0) is 30.3. The molecular weight excluding hydrogens is 543 g/mol. The first kappa shape index (κ1) is 37.8. The van der Waals surface area contributed by atoms with Gasteiger partial charge < -0.3 is 20.1 Å². The summed E-state index contributed by atoms with van der Waals surface area (Å²) >= 11 is 0. The SMILES string of the molecule is CCCCCCCCCCCCCCC1C[C@H](O)CC2C[C@H](O)C3C(CC[C@@]4(C)C3CC[C@@H]4[C@H](C)CCC(=O)[O-])[C@@]12C.[Na+]. The molecule has 0 aromatic heterocycles. The van der Waals surface area contributed by atoms with E-state index in [1.165, 1.54) is 109 Å². The van der Waals surface area contributed by atoms with Gasteiger partial charge in [0.15, 0.2) is 0 Å². The maximum Gasteiger partial charge on any atom is 1.00 e. The van der Waals surface area contributed by atoms with Crippen molar-refractivity contribution in [2.75, 3.05) is 0 Å². The third-order valence-corrected chi connectivity index (χ3v) is 13.9. The maximum atomic E-state index is 11.7. The van der Waals surface area contributed by atoms with Crippen molar-refractivity contribution in [1.82, 2.24) is 0 Å². The number of carboxylic acids is 1. The molecule has 4 aliphatic carbocycles. The van der Waals surface area contributed by atoms with Gasteiger partial charge in [0.25, 0.3) is 0 Å². The average Bonchev–Trinajstić information content (AvgIpc) is 3.30. The van der Waals surface area contributed by atoms with Crippen LogP contribution in [0.5, 0.6) is 0 Å². The van der Waals surface area contributed by atoms with Crippen molar-refractivity contribution in [2.45, 2.75) is 181 Å². The van der Waals surface area contributed by atoms with E-state index in [1.54, 1.807) is 0 Å². The van der Waals surface area contributed by atoms with Crippen molar-refractivity contribution < 1.29 is 49.7 Å². The van der Waals surface area contributed by atoms with Gasteiger partial charge in [-0.15, -0.1) is 0 Å². The molecule has 0 bridgehead atoms. The van der Waals surface area contributed by atoms with Crippen LogP contribution in [0.4, 0.5) is 0 Å². The fourth-order valence-corrected chi connectivity index (χ4v) is 11.6. The summed E-state index contributed by atoms with van der Waals surface area (Å²) in [5.41, 5.74) is 0.427. The van der Waals surface area contributed by atoms with Crippen LogP contribution in [0, 0.1) is 52.3 Å². The Balaban J connectivity index is 0.00000506. The summed E-state index contributed by atoms with van der Waals surface area (Å²) in [6.07, 6.45) is 25.6. The molecule has 4 fully saturated rings. The molecule has 0 aromatic rings. The predicted octanol–water partition coefficient (Wildman–Crippen LogP) is 5.46. The molecule has 2 N–H and O–H groups in total. The number of hydrogen-bond donors (Lipinski definition) is 2. The molecule has 0 spiro atoms. The average molecular weight is 611 g/mol. The number of aliphatic carboxylic acids is 1. The van der Waals surface area contributed by atoms with Gasteiger partial charge in [-0.3, -0.25) is 0 Å². The molecule has 5 unspecified atom stereocenters. The topological polar surface area (TPSA) is 80.6 Å². The van der Waals surface area contributed by atoms with Crippen molar-refractivity contribution in [2.24, 2.45) is 52.3 Å². The smallest absolute Gasteiger partial charge is 0.550 e. The third kappa shape index (κ3) is 8.85. The molecule has 0 radical (unpaired) electrons. The van der Waals surface area contributed by atoms with Crippen molar-refractivity contribution >= 4 is 5.97 Å². The Morgan fingerprint density at radius 1 is 0.837 bits per heavy atom. The Bertz CT molecular complexity index is 835. The molecule has 4 nitrogen and oxygen atoms in total. The second-order valence-corrected chi connectivity index (χ2v) is 16.3. The molecule has 0 saturated heterocycles. The minimum atomic E-state index is -0.925. The zero-order valence-electron chi connectivity index (χ0n) is 29.0. The molecule has 0 amide bonds. The number of rotatable bonds is 17. The Kier molecular flexibility index (Phi) is 15.4. The van der Waals surface area contributed by atoms with Crippen LogP contribution in [0.3, 0.4) is 0 Å². The molecule has 0 aromatic carbocycles. The van der Waals surface area contributed by atoms with Gasteiger partial charge in [0.05, 0.1) is 12.2 Å². The molecule has 4 aliphatic rings. The van der Waals surface area contributed by atoms with Crippen LogP contribution in [0.2, 0.25) is 0 Å². The molecule has 244 valence electrons. The number of carbonyl (C=O) groups excluding carboxylic acids is 1. The first-order valence-corrected chi connectivity index (χ1v) is 18.7. The van der Waals surface area contributed by atoms with E-state index in [-0.39, 0.29) is 59.0 Å². The molecule has 43 heavy (non-hydrogen) atoms. The summed E-state index contributed by atoms with van der Waals surface area (Å²) in [5.74, 6) is 2.47. The molecule has 0 aliphatic heterocycles. The van der Waals surface area contributed by atoms with Crippen molar-refractivity contribution in [3.63, 3.8) is 0 Å². The number of carbonyl (C=O) groups is 1. The number of aliphatic hydroxyl groups is 2. The van der Waals surface area contributed by atoms with Gasteiger partial charge in [0.1, 0.15) is 0 Å². The number of hydrogen-bond acceptors (Lipinski definition) is 4. The molecule has 4 rings (SSSR count). The zero-order valence-corrected chi connectivity index (χ0v) is 31.0. The van der Waals surface area contributed by atoms with Gasteiger partial charge in [0, 0.05) is 5.97 Å². The maximum absolute atomic E-state index is 11.7. The summed E-state index contributed by atoms with van der Waals surface area (Å²) in [4.78, 5) is 11.2. The van der Waals surface area contributed by atoms with E-state index in [0.717, 1.165) is 19.3 Å². The summed E-state index contributed by atoms with van der Waals surface area (Å²) in [7, 11) is 0. The van der Waals surface area contributed by atoms with Crippen LogP contribution in [0.15, 0.2) is 0 Å². The minimum absolute atomic E-state index is 0.